The van der Waals surface area contributed by atoms with Gasteiger partial charge < -0.3 is 14.6 Å². The zero-order chi connectivity index (χ0) is 17.9. The van der Waals surface area contributed by atoms with Crippen LogP contribution in [0, 0.1) is 13.8 Å². The quantitative estimate of drug-likeness (QED) is 0.875. The highest BCUT2D eigenvalue weighted by atomic mass is 16.5. The van der Waals surface area contributed by atoms with Gasteiger partial charge in [-0.1, -0.05) is 25.9 Å². The SMILES string of the molecule is COCCn1nc(C)c(NC(=O)Nc2cc(C(C)(C)C)on2)c1C. The Morgan fingerprint density at radius 2 is 2.04 bits per heavy atom. The molecule has 2 N–H and O–H groups in total. The normalized spacial score (nSPS) is 11.6. The Morgan fingerprint density at radius 1 is 1.33 bits per heavy atom. The van der Waals surface area contributed by atoms with Crippen LogP contribution in [0.5, 0.6) is 0 Å². The van der Waals surface area contributed by atoms with E-state index in [1.165, 1.54) is 0 Å². The molecule has 8 heteroatoms. The van der Waals surface area contributed by atoms with Gasteiger partial charge in [-0.3, -0.25) is 10.00 Å². The molecule has 0 aromatic carbocycles. The molecule has 24 heavy (non-hydrogen) atoms. The number of rotatable bonds is 5. The number of amides is 2. The largest absolute Gasteiger partial charge is 0.383 e. The van der Waals surface area contributed by atoms with Crippen molar-refractivity contribution in [3.8, 4) is 0 Å². The van der Waals surface area contributed by atoms with E-state index < -0.39 is 0 Å². The number of aromatic nitrogens is 3. The lowest BCUT2D eigenvalue weighted by molar-refractivity contribution is 0.182. The third kappa shape index (κ3) is 4.14. The molecule has 0 spiro atoms. The molecule has 132 valence electrons. The maximum absolute atomic E-state index is 12.2. The van der Waals surface area contributed by atoms with Gasteiger partial charge in [0, 0.05) is 18.6 Å². The summed E-state index contributed by atoms with van der Waals surface area (Å²) in [7, 11) is 1.64. The number of hydrogen-bond donors (Lipinski definition) is 2. The Hall–Kier alpha value is -2.35. The lowest BCUT2D eigenvalue weighted by atomic mass is 9.93. The number of anilines is 2. The first-order chi connectivity index (χ1) is 11.2. The van der Waals surface area contributed by atoms with Crippen LogP contribution in [-0.2, 0) is 16.7 Å². The maximum atomic E-state index is 12.2. The number of methoxy groups -OCH3 is 1. The molecule has 0 aliphatic rings. The Bertz CT molecular complexity index is 712. The lowest BCUT2D eigenvalue weighted by Crippen LogP contribution is -2.20. The summed E-state index contributed by atoms with van der Waals surface area (Å²) >= 11 is 0. The molecule has 0 aliphatic heterocycles. The number of nitrogens with zero attached hydrogens (tertiary/aromatic N) is 3. The fourth-order valence-electron chi connectivity index (χ4n) is 2.22. The van der Waals surface area contributed by atoms with Crippen molar-refractivity contribution in [2.75, 3.05) is 24.4 Å². The fraction of sp³-hybridized carbons (Fsp3) is 0.562. The number of carbonyl (C=O) groups excluding carboxylic acids is 1. The Morgan fingerprint density at radius 3 is 2.62 bits per heavy atom. The van der Waals surface area contributed by atoms with E-state index in [2.05, 4.69) is 20.9 Å². The molecule has 0 unspecified atom stereocenters. The summed E-state index contributed by atoms with van der Waals surface area (Å²) < 4.78 is 12.1. The lowest BCUT2D eigenvalue weighted by Gasteiger charge is -2.12. The van der Waals surface area contributed by atoms with Crippen molar-refractivity contribution in [2.24, 2.45) is 0 Å². The summed E-state index contributed by atoms with van der Waals surface area (Å²) in [5.41, 5.74) is 2.13. The predicted octanol–water partition coefficient (Wildman–Crippen LogP) is 3.08. The molecule has 0 atom stereocenters. The minimum absolute atomic E-state index is 0.168. The molecule has 0 bridgehead atoms. The molecular weight excluding hydrogens is 310 g/mol. The van der Waals surface area contributed by atoms with Crippen LogP contribution in [0.25, 0.3) is 0 Å². The van der Waals surface area contributed by atoms with Crippen LogP contribution in [0.3, 0.4) is 0 Å². The van der Waals surface area contributed by atoms with Gasteiger partial charge in [0.05, 0.1) is 30.2 Å². The van der Waals surface area contributed by atoms with Crippen LogP contribution in [-0.4, -0.2) is 34.7 Å². The third-order valence-electron chi connectivity index (χ3n) is 3.62. The molecule has 2 heterocycles. The number of carbonyl (C=O) groups is 1. The summed E-state index contributed by atoms with van der Waals surface area (Å²) in [5.74, 6) is 1.08. The first-order valence-corrected chi connectivity index (χ1v) is 7.80. The van der Waals surface area contributed by atoms with Crippen LogP contribution in [0.4, 0.5) is 16.3 Å². The van der Waals surface area contributed by atoms with Gasteiger partial charge >= 0.3 is 6.03 Å². The van der Waals surface area contributed by atoms with Gasteiger partial charge in [0.2, 0.25) is 0 Å². The number of hydrogen-bond acceptors (Lipinski definition) is 5. The van der Waals surface area contributed by atoms with Crippen molar-refractivity contribution in [2.45, 2.75) is 46.6 Å². The molecule has 0 saturated heterocycles. The molecule has 2 rings (SSSR count). The van der Waals surface area contributed by atoms with Crippen molar-refractivity contribution < 1.29 is 14.1 Å². The van der Waals surface area contributed by atoms with Crippen molar-refractivity contribution in [1.29, 1.82) is 0 Å². The van der Waals surface area contributed by atoms with E-state index in [4.69, 9.17) is 9.26 Å². The van der Waals surface area contributed by atoms with Crippen molar-refractivity contribution in [3.05, 3.63) is 23.2 Å². The van der Waals surface area contributed by atoms with Crippen molar-refractivity contribution in [1.82, 2.24) is 14.9 Å². The molecular formula is C16H25N5O3. The first kappa shape index (κ1) is 18.0. The molecule has 2 amide bonds. The number of urea groups is 1. The number of nitrogens with one attached hydrogen (secondary N) is 2. The first-order valence-electron chi connectivity index (χ1n) is 7.80. The van der Waals surface area contributed by atoms with Crippen LogP contribution in [0.2, 0.25) is 0 Å². The van der Waals surface area contributed by atoms with Crippen LogP contribution in [0.1, 0.15) is 37.9 Å². The predicted molar refractivity (Wildman–Crippen MR) is 91.4 cm³/mol. The van der Waals surface area contributed by atoms with E-state index in [1.807, 2.05) is 39.3 Å². The second-order valence-corrected chi connectivity index (χ2v) is 6.67. The van der Waals surface area contributed by atoms with Gasteiger partial charge in [0.15, 0.2) is 5.82 Å². The van der Waals surface area contributed by atoms with Gasteiger partial charge in [-0.25, -0.2) is 4.79 Å². The van der Waals surface area contributed by atoms with E-state index in [9.17, 15) is 4.79 Å². The fourth-order valence-corrected chi connectivity index (χ4v) is 2.22. The monoisotopic (exact) mass is 335 g/mol. The van der Waals surface area contributed by atoms with Crippen LogP contribution in [0.15, 0.2) is 10.6 Å². The highest BCUT2D eigenvalue weighted by Crippen LogP contribution is 2.25. The van der Waals surface area contributed by atoms with Gasteiger partial charge in [-0.15, -0.1) is 0 Å². The van der Waals surface area contributed by atoms with Gasteiger partial charge in [-0.2, -0.15) is 5.10 Å². The van der Waals surface area contributed by atoms with E-state index in [0.29, 0.717) is 30.4 Å². The topological polar surface area (TPSA) is 94.2 Å². The summed E-state index contributed by atoms with van der Waals surface area (Å²) in [6.07, 6.45) is 0. The average molecular weight is 335 g/mol. The van der Waals surface area contributed by atoms with Gasteiger partial charge in [-0.05, 0) is 13.8 Å². The van der Waals surface area contributed by atoms with Gasteiger partial charge in [0.25, 0.3) is 0 Å². The standard InChI is InChI=1S/C16H25N5O3/c1-10-14(11(2)21(19-10)7-8-23-6)18-15(22)17-13-9-12(24-20-13)16(3,4)5/h9H,7-8H2,1-6H3,(H2,17,18,20,22). The van der Waals surface area contributed by atoms with E-state index in [0.717, 1.165) is 11.4 Å². The Balaban J connectivity index is 2.05. The third-order valence-corrected chi connectivity index (χ3v) is 3.62. The second kappa shape index (κ2) is 7.04. The summed E-state index contributed by atoms with van der Waals surface area (Å²) in [6.45, 7) is 11.0. The Labute approximate surface area is 141 Å². The minimum atomic E-state index is -0.388. The summed E-state index contributed by atoms with van der Waals surface area (Å²) in [5, 5.41) is 13.8. The van der Waals surface area contributed by atoms with E-state index in [1.54, 1.807) is 13.2 Å². The molecule has 0 saturated carbocycles. The minimum Gasteiger partial charge on any atom is -0.383 e. The van der Waals surface area contributed by atoms with Crippen molar-refractivity contribution in [3.63, 3.8) is 0 Å². The molecule has 8 nitrogen and oxygen atoms in total. The second-order valence-electron chi connectivity index (χ2n) is 6.67. The van der Waals surface area contributed by atoms with E-state index >= 15 is 0 Å². The molecule has 0 fully saturated rings. The summed E-state index contributed by atoms with van der Waals surface area (Å²) in [6, 6.07) is 1.34. The Kier molecular flexibility index (Phi) is 5.28. The zero-order valence-corrected chi connectivity index (χ0v) is 15.1. The highest BCUT2D eigenvalue weighted by Gasteiger charge is 2.21. The molecule has 0 radical (unpaired) electrons. The maximum Gasteiger partial charge on any atom is 0.325 e. The van der Waals surface area contributed by atoms with Crippen molar-refractivity contribution >= 4 is 17.5 Å². The number of aryl methyl sites for hydroxylation is 1. The van der Waals surface area contributed by atoms with Crippen LogP contribution >= 0.6 is 0 Å². The molecule has 2 aromatic heterocycles. The average Bonchev–Trinajstić information content (AvgIpc) is 3.05. The molecule has 0 aliphatic carbocycles. The molecule has 2 aromatic rings. The number of ether oxygens (including phenoxy) is 1. The van der Waals surface area contributed by atoms with Crippen LogP contribution < -0.4 is 10.6 Å². The smallest absolute Gasteiger partial charge is 0.325 e. The highest BCUT2D eigenvalue weighted by molar-refractivity contribution is 5.99. The summed E-state index contributed by atoms with van der Waals surface area (Å²) in [4.78, 5) is 12.2. The van der Waals surface area contributed by atoms with E-state index in [-0.39, 0.29) is 11.4 Å². The zero-order valence-electron chi connectivity index (χ0n) is 15.1. The van der Waals surface area contributed by atoms with Gasteiger partial charge in [0.1, 0.15) is 5.76 Å².